The van der Waals surface area contributed by atoms with Crippen LogP contribution in [0.4, 0.5) is 0 Å². The fraction of sp³-hybridized carbons (Fsp3) is 0.600. The van der Waals surface area contributed by atoms with Gasteiger partial charge in [0, 0.05) is 45.1 Å². The number of amides is 2. The third-order valence-corrected chi connectivity index (χ3v) is 5.59. The number of benzene rings is 1. The van der Waals surface area contributed by atoms with Gasteiger partial charge in [0.1, 0.15) is 5.75 Å². The Labute approximate surface area is 154 Å². The molecule has 1 aromatic carbocycles. The van der Waals surface area contributed by atoms with Crippen molar-refractivity contribution in [2.24, 2.45) is 5.41 Å². The maximum absolute atomic E-state index is 12.8. The molecule has 2 aliphatic heterocycles. The lowest BCUT2D eigenvalue weighted by Crippen LogP contribution is -2.55. The lowest BCUT2D eigenvalue weighted by Gasteiger charge is -2.48. The third-order valence-electron chi connectivity index (χ3n) is 5.59. The smallest absolute Gasteiger partial charge is 0.227 e. The van der Waals surface area contributed by atoms with Gasteiger partial charge in [-0.25, -0.2) is 0 Å². The summed E-state index contributed by atoms with van der Waals surface area (Å²) in [6.07, 6.45) is 3.73. The summed E-state index contributed by atoms with van der Waals surface area (Å²) in [5, 5.41) is 9.59. The Morgan fingerprint density at radius 3 is 2.92 bits per heavy atom. The predicted octanol–water partition coefficient (Wildman–Crippen LogP) is 1.81. The minimum atomic E-state index is 0.00832. The average Bonchev–Trinajstić information content (AvgIpc) is 2.63. The zero-order valence-electron chi connectivity index (χ0n) is 15.4. The second kappa shape index (κ2) is 8.08. The molecule has 1 aromatic rings. The highest BCUT2D eigenvalue weighted by Gasteiger charge is 2.42. The van der Waals surface area contributed by atoms with Gasteiger partial charge in [-0.3, -0.25) is 9.59 Å². The highest BCUT2D eigenvalue weighted by molar-refractivity contribution is 5.79. The fourth-order valence-corrected chi connectivity index (χ4v) is 4.21. The van der Waals surface area contributed by atoms with Crippen molar-refractivity contribution in [2.75, 3.05) is 39.9 Å². The van der Waals surface area contributed by atoms with E-state index < -0.39 is 0 Å². The van der Waals surface area contributed by atoms with E-state index in [9.17, 15) is 14.7 Å². The number of methoxy groups -OCH3 is 1. The van der Waals surface area contributed by atoms with Crippen LogP contribution in [0.15, 0.2) is 24.3 Å². The lowest BCUT2D eigenvalue weighted by molar-refractivity contribution is -0.143. The Morgan fingerprint density at radius 1 is 1.31 bits per heavy atom. The first kappa shape index (κ1) is 18.7. The summed E-state index contributed by atoms with van der Waals surface area (Å²) in [4.78, 5) is 28.8. The number of hydrogen-bond acceptors (Lipinski definition) is 4. The average molecular weight is 360 g/mol. The van der Waals surface area contributed by atoms with E-state index in [0.717, 1.165) is 31.4 Å². The first-order chi connectivity index (χ1) is 12.5. The number of piperidine rings is 2. The van der Waals surface area contributed by atoms with Crippen molar-refractivity contribution in [1.29, 1.82) is 0 Å². The van der Waals surface area contributed by atoms with Crippen molar-refractivity contribution in [3.8, 4) is 5.75 Å². The van der Waals surface area contributed by atoms with E-state index in [-0.39, 0.29) is 23.0 Å². The van der Waals surface area contributed by atoms with Crippen LogP contribution in [0.25, 0.3) is 0 Å². The fourth-order valence-electron chi connectivity index (χ4n) is 4.21. The van der Waals surface area contributed by atoms with Gasteiger partial charge in [-0.15, -0.1) is 0 Å². The van der Waals surface area contributed by atoms with Gasteiger partial charge < -0.3 is 19.6 Å². The van der Waals surface area contributed by atoms with Crippen LogP contribution < -0.4 is 0 Å². The van der Waals surface area contributed by atoms with Gasteiger partial charge in [-0.05, 0) is 37.0 Å². The molecular formula is C20H28N2O4. The van der Waals surface area contributed by atoms with Crippen LogP contribution in [0.2, 0.25) is 0 Å². The SMILES string of the molecule is COCCN1C[C@]2(CCCN(C(=O)Cc3cccc(O)c3)C2)CCC1=O. The van der Waals surface area contributed by atoms with Gasteiger partial charge in [-0.1, -0.05) is 12.1 Å². The quantitative estimate of drug-likeness (QED) is 0.869. The number of carbonyl (C=O) groups is 2. The third kappa shape index (κ3) is 4.36. The summed E-state index contributed by atoms with van der Waals surface area (Å²) in [6.45, 7) is 3.36. The number of ether oxygens (including phenoxy) is 1. The molecule has 6 heteroatoms. The molecule has 0 unspecified atom stereocenters. The number of carbonyl (C=O) groups excluding carboxylic acids is 2. The molecule has 2 amide bonds. The molecule has 1 spiro atoms. The molecule has 0 bridgehead atoms. The first-order valence-corrected chi connectivity index (χ1v) is 9.34. The van der Waals surface area contributed by atoms with E-state index in [0.29, 0.717) is 39.1 Å². The molecule has 1 atom stereocenters. The summed E-state index contributed by atoms with van der Waals surface area (Å²) in [5.41, 5.74) is 0.837. The highest BCUT2D eigenvalue weighted by Crippen LogP contribution is 2.39. The Hall–Kier alpha value is -2.08. The van der Waals surface area contributed by atoms with Crippen LogP contribution in [-0.2, 0) is 20.7 Å². The minimum Gasteiger partial charge on any atom is -0.508 e. The Kier molecular flexibility index (Phi) is 5.81. The summed E-state index contributed by atoms with van der Waals surface area (Å²) in [5.74, 6) is 0.468. The molecule has 0 radical (unpaired) electrons. The van der Waals surface area contributed by atoms with Crippen molar-refractivity contribution in [2.45, 2.75) is 32.1 Å². The molecule has 2 saturated heterocycles. The van der Waals surface area contributed by atoms with Crippen LogP contribution in [0.5, 0.6) is 5.75 Å². The number of phenolic OH excluding ortho intramolecular Hbond substituents is 1. The molecule has 26 heavy (non-hydrogen) atoms. The van der Waals surface area contributed by atoms with E-state index in [2.05, 4.69) is 0 Å². The molecule has 2 aliphatic rings. The molecule has 2 heterocycles. The zero-order valence-corrected chi connectivity index (χ0v) is 15.4. The molecule has 0 aromatic heterocycles. The van der Waals surface area contributed by atoms with Crippen molar-refractivity contribution >= 4 is 11.8 Å². The molecule has 0 saturated carbocycles. The van der Waals surface area contributed by atoms with Crippen LogP contribution in [-0.4, -0.2) is 66.6 Å². The molecule has 3 rings (SSSR count). The summed E-state index contributed by atoms with van der Waals surface area (Å²) < 4.78 is 5.13. The molecular weight excluding hydrogens is 332 g/mol. The van der Waals surface area contributed by atoms with Crippen molar-refractivity contribution in [3.05, 3.63) is 29.8 Å². The topological polar surface area (TPSA) is 70.1 Å². The van der Waals surface area contributed by atoms with Gasteiger partial charge in [0.15, 0.2) is 0 Å². The van der Waals surface area contributed by atoms with Crippen LogP contribution in [0.1, 0.15) is 31.2 Å². The molecule has 2 fully saturated rings. The molecule has 142 valence electrons. The minimum absolute atomic E-state index is 0.00832. The Morgan fingerprint density at radius 2 is 2.15 bits per heavy atom. The second-order valence-electron chi connectivity index (χ2n) is 7.57. The molecule has 0 aliphatic carbocycles. The van der Waals surface area contributed by atoms with E-state index in [4.69, 9.17) is 4.74 Å². The van der Waals surface area contributed by atoms with Gasteiger partial charge in [0.05, 0.1) is 13.0 Å². The largest absolute Gasteiger partial charge is 0.508 e. The number of nitrogens with zero attached hydrogens (tertiary/aromatic N) is 2. The number of hydrogen-bond donors (Lipinski definition) is 1. The number of aromatic hydroxyl groups is 1. The molecule has 1 N–H and O–H groups in total. The maximum atomic E-state index is 12.8. The van der Waals surface area contributed by atoms with Crippen molar-refractivity contribution in [3.63, 3.8) is 0 Å². The Bertz CT molecular complexity index is 663. The summed E-state index contributed by atoms with van der Waals surface area (Å²) in [6, 6.07) is 6.88. The maximum Gasteiger partial charge on any atom is 0.227 e. The van der Waals surface area contributed by atoms with E-state index in [1.165, 1.54) is 0 Å². The van der Waals surface area contributed by atoms with Crippen LogP contribution in [0, 0.1) is 5.41 Å². The highest BCUT2D eigenvalue weighted by atomic mass is 16.5. The van der Waals surface area contributed by atoms with Crippen molar-refractivity contribution < 1.29 is 19.4 Å². The summed E-state index contributed by atoms with van der Waals surface area (Å²) >= 11 is 0. The van der Waals surface area contributed by atoms with Gasteiger partial charge in [0.25, 0.3) is 0 Å². The normalized spacial score (nSPS) is 23.5. The second-order valence-corrected chi connectivity index (χ2v) is 7.57. The van der Waals surface area contributed by atoms with Crippen molar-refractivity contribution in [1.82, 2.24) is 9.80 Å². The number of rotatable bonds is 5. The summed E-state index contributed by atoms with van der Waals surface area (Å²) in [7, 11) is 1.65. The van der Waals surface area contributed by atoms with Crippen LogP contribution in [0.3, 0.4) is 0 Å². The van der Waals surface area contributed by atoms with Gasteiger partial charge >= 0.3 is 0 Å². The van der Waals surface area contributed by atoms with E-state index >= 15 is 0 Å². The van der Waals surface area contributed by atoms with Crippen LogP contribution >= 0.6 is 0 Å². The monoisotopic (exact) mass is 360 g/mol. The number of likely N-dealkylation sites (tertiary alicyclic amines) is 2. The number of phenols is 1. The first-order valence-electron chi connectivity index (χ1n) is 9.34. The standard InChI is InChI=1S/C20H28N2O4/c1-26-11-10-22-15-20(8-6-18(22)24)7-3-9-21(14-20)19(25)13-16-4-2-5-17(23)12-16/h2,4-5,12,23H,3,6-11,13-15H2,1H3/t20-/m1/s1. The Balaban J connectivity index is 1.64. The van der Waals surface area contributed by atoms with Gasteiger partial charge in [0.2, 0.25) is 11.8 Å². The lowest BCUT2D eigenvalue weighted by atomic mass is 9.73. The van der Waals surface area contributed by atoms with Gasteiger partial charge in [-0.2, -0.15) is 0 Å². The predicted molar refractivity (Wildman–Crippen MR) is 97.7 cm³/mol. The molecule has 6 nitrogen and oxygen atoms in total. The van der Waals surface area contributed by atoms with E-state index in [1.54, 1.807) is 25.3 Å². The zero-order chi connectivity index (χ0) is 18.6. The van der Waals surface area contributed by atoms with E-state index in [1.807, 2.05) is 15.9 Å².